The van der Waals surface area contributed by atoms with Crippen molar-refractivity contribution in [3.63, 3.8) is 0 Å². The molecule has 2 aliphatic rings. The average Bonchev–Trinajstić information content (AvgIpc) is 3.06. The number of nitrogens with two attached hydrogens (primary N) is 1. The maximum absolute atomic E-state index is 6.07. The molecule has 1 saturated heterocycles. The van der Waals surface area contributed by atoms with Crippen molar-refractivity contribution in [2.75, 3.05) is 26.2 Å². The molecule has 1 saturated carbocycles. The van der Waals surface area contributed by atoms with Crippen LogP contribution in [-0.2, 0) is 4.74 Å². The van der Waals surface area contributed by atoms with Crippen molar-refractivity contribution in [3.8, 4) is 0 Å². The van der Waals surface area contributed by atoms with Gasteiger partial charge in [0.25, 0.3) is 0 Å². The van der Waals surface area contributed by atoms with E-state index in [0.29, 0.717) is 11.6 Å². The molecule has 1 aliphatic heterocycles. The molecule has 2 N–H and O–H groups in total. The maximum atomic E-state index is 6.07. The van der Waals surface area contributed by atoms with Crippen molar-refractivity contribution in [2.24, 2.45) is 5.73 Å². The molecular weight excluding hydrogens is 224 g/mol. The molecule has 0 aromatic heterocycles. The van der Waals surface area contributed by atoms with Gasteiger partial charge in [-0.25, -0.2) is 0 Å². The van der Waals surface area contributed by atoms with Gasteiger partial charge in [-0.15, -0.1) is 0 Å². The molecule has 18 heavy (non-hydrogen) atoms. The zero-order chi connectivity index (χ0) is 12.8. The molecule has 106 valence electrons. The van der Waals surface area contributed by atoms with Crippen LogP contribution in [0.15, 0.2) is 0 Å². The van der Waals surface area contributed by atoms with Crippen LogP contribution in [0, 0.1) is 0 Å². The Hall–Kier alpha value is -0.120. The first kappa shape index (κ1) is 14.3. The molecule has 1 unspecified atom stereocenters. The predicted octanol–water partition coefficient (Wildman–Crippen LogP) is 2.54. The number of hydrogen-bond acceptors (Lipinski definition) is 3. The van der Waals surface area contributed by atoms with Crippen molar-refractivity contribution in [1.29, 1.82) is 0 Å². The Morgan fingerprint density at radius 1 is 1.28 bits per heavy atom. The zero-order valence-electron chi connectivity index (χ0n) is 12.0. The van der Waals surface area contributed by atoms with Gasteiger partial charge in [0.1, 0.15) is 0 Å². The van der Waals surface area contributed by atoms with Crippen molar-refractivity contribution < 1.29 is 4.74 Å². The molecule has 1 heterocycles. The lowest BCUT2D eigenvalue weighted by Gasteiger charge is -2.40. The van der Waals surface area contributed by atoms with Crippen LogP contribution in [0.1, 0.15) is 58.3 Å². The van der Waals surface area contributed by atoms with Crippen molar-refractivity contribution >= 4 is 0 Å². The molecule has 0 aromatic carbocycles. The van der Waals surface area contributed by atoms with Crippen LogP contribution in [0.3, 0.4) is 0 Å². The summed E-state index contributed by atoms with van der Waals surface area (Å²) in [4.78, 5) is 2.65. The van der Waals surface area contributed by atoms with Gasteiger partial charge in [0, 0.05) is 18.7 Å². The fourth-order valence-corrected chi connectivity index (χ4v) is 3.80. The summed E-state index contributed by atoms with van der Waals surface area (Å²) in [6.45, 7) is 6.44. The highest BCUT2D eigenvalue weighted by atomic mass is 16.5. The summed E-state index contributed by atoms with van der Waals surface area (Å²) in [5.74, 6) is 0. The van der Waals surface area contributed by atoms with Crippen LogP contribution in [0.5, 0.6) is 0 Å². The van der Waals surface area contributed by atoms with E-state index in [0.717, 1.165) is 19.7 Å². The van der Waals surface area contributed by atoms with Gasteiger partial charge < -0.3 is 10.5 Å². The molecule has 3 nitrogen and oxygen atoms in total. The molecule has 2 fully saturated rings. The number of rotatable bonds is 7. The fraction of sp³-hybridized carbons (Fsp3) is 1.00. The van der Waals surface area contributed by atoms with Crippen molar-refractivity contribution in [3.05, 3.63) is 0 Å². The van der Waals surface area contributed by atoms with E-state index in [2.05, 4.69) is 11.8 Å². The second kappa shape index (κ2) is 6.88. The van der Waals surface area contributed by atoms with E-state index >= 15 is 0 Å². The Labute approximate surface area is 112 Å². The van der Waals surface area contributed by atoms with Crippen LogP contribution < -0.4 is 5.73 Å². The standard InChI is InChI=1S/C15H30N2O/c1-2-17(15(13-16)9-3-4-10-15)11-5-7-14-8-6-12-18-14/h14H,2-13,16H2,1H3. The Balaban J connectivity index is 1.77. The average molecular weight is 254 g/mol. The van der Waals surface area contributed by atoms with Crippen LogP contribution >= 0.6 is 0 Å². The Kier molecular flexibility index (Phi) is 5.46. The summed E-state index contributed by atoms with van der Waals surface area (Å²) in [6, 6.07) is 0. The Morgan fingerprint density at radius 2 is 2.06 bits per heavy atom. The fourth-order valence-electron chi connectivity index (χ4n) is 3.80. The highest BCUT2D eigenvalue weighted by Crippen LogP contribution is 2.34. The first-order valence-electron chi connectivity index (χ1n) is 7.87. The molecule has 1 aliphatic carbocycles. The lowest BCUT2D eigenvalue weighted by molar-refractivity contribution is 0.0784. The van der Waals surface area contributed by atoms with Crippen molar-refractivity contribution in [2.45, 2.75) is 69.9 Å². The monoisotopic (exact) mass is 254 g/mol. The SMILES string of the molecule is CCN(CCCC1CCCO1)C1(CN)CCCC1. The zero-order valence-corrected chi connectivity index (χ0v) is 12.0. The van der Waals surface area contributed by atoms with Gasteiger partial charge in [-0.1, -0.05) is 19.8 Å². The summed E-state index contributed by atoms with van der Waals surface area (Å²) in [5, 5.41) is 0. The van der Waals surface area contributed by atoms with Crippen LogP contribution in [0.25, 0.3) is 0 Å². The van der Waals surface area contributed by atoms with E-state index < -0.39 is 0 Å². The highest BCUT2D eigenvalue weighted by molar-refractivity contribution is 4.95. The van der Waals surface area contributed by atoms with Gasteiger partial charge in [-0.3, -0.25) is 4.90 Å². The second-order valence-corrected chi connectivity index (χ2v) is 5.99. The minimum atomic E-state index is 0.325. The van der Waals surface area contributed by atoms with Gasteiger partial charge in [0.15, 0.2) is 0 Å². The van der Waals surface area contributed by atoms with E-state index in [1.165, 1.54) is 57.9 Å². The van der Waals surface area contributed by atoms with Gasteiger partial charge in [-0.05, 0) is 51.6 Å². The summed E-state index contributed by atoms with van der Waals surface area (Å²) >= 11 is 0. The number of hydrogen-bond donors (Lipinski definition) is 1. The van der Waals surface area contributed by atoms with E-state index in [-0.39, 0.29) is 0 Å². The largest absolute Gasteiger partial charge is 0.378 e. The minimum Gasteiger partial charge on any atom is -0.378 e. The third kappa shape index (κ3) is 3.25. The maximum Gasteiger partial charge on any atom is 0.0576 e. The van der Waals surface area contributed by atoms with Crippen LogP contribution in [0.4, 0.5) is 0 Å². The molecule has 0 amide bonds. The van der Waals surface area contributed by atoms with E-state index in [1.807, 2.05) is 0 Å². The van der Waals surface area contributed by atoms with Crippen molar-refractivity contribution in [1.82, 2.24) is 4.90 Å². The molecule has 2 rings (SSSR count). The topological polar surface area (TPSA) is 38.5 Å². The van der Waals surface area contributed by atoms with Crippen LogP contribution in [0.2, 0.25) is 0 Å². The van der Waals surface area contributed by atoms with E-state index in [1.54, 1.807) is 0 Å². The van der Waals surface area contributed by atoms with Gasteiger partial charge in [0.05, 0.1) is 6.10 Å². The third-order valence-corrected chi connectivity index (χ3v) is 4.94. The molecule has 3 heteroatoms. The minimum absolute atomic E-state index is 0.325. The summed E-state index contributed by atoms with van der Waals surface area (Å²) in [7, 11) is 0. The van der Waals surface area contributed by atoms with E-state index in [9.17, 15) is 0 Å². The molecule has 0 radical (unpaired) electrons. The number of nitrogens with zero attached hydrogens (tertiary/aromatic N) is 1. The predicted molar refractivity (Wildman–Crippen MR) is 75.7 cm³/mol. The quantitative estimate of drug-likeness (QED) is 0.759. The third-order valence-electron chi connectivity index (χ3n) is 4.94. The molecular formula is C15H30N2O. The van der Waals surface area contributed by atoms with E-state index in [4.69, 9.17) is 10.5 Å². The van der Waals surface area contributed by atoms with Crippen LogP contribution in [-0.4, -0.2) is 42.8 Å². The lowest BCUT2D eigenvalue weighted by Crippen LogP contribution is -2.52. The Bertz CT molecular complexity index is 233. The van der Waals surface area contributed by atoms with Gasteiger partial charge >= 0.3 is 0 Å². The highest BCUT2D eigenvalue weighted by Gasteiger charge is 2.37. The molecule has 0 spiro atoms. The second-order valence-electron chi connectivity index (χ2n) is 5.99. The number of ether oxygens (including phenoxy) is 1. The summed E-state index contributed by atoms with van der Waals surface area (Å²) in [6.07, 6.45) is 10.9. The van der Waals surface area contributed by atoms with Gasteiger partial charge in [0.2, 0.25) is 0 Å². The summed E-state index contributed by atoms with van der Waals surface area (Å²) in [5.41, 5.74) is 6.40. The molecule has 0 aromatic rings. The first-order chi connectivity index (χ1) is 8.80. The lowest BCUT2D eigenvalue weighted by atomic mass is 9.94. The Morgan fingerprint density at radius 3 is 2.61 bits per heavy atom. The molecule has 1 atom stereocenters. The first-order valence-corrected chi connectivity index (χ1v) is 7.87. The normalized spacial score (nSPS) is 27.2. The summed E-state index contributed by atoms with van der Waals surface area (Å²) < 4.78 is 5.70. The van der Waals surface area contributed by atoms with Gasteiger partial charge in [-0.2, -0.15) is 0 Å². The molecule has 0 bridgehead atoms. The smallest absolute Gasteiger partial charge is 0.0576 e. The number of likely N-dealkylation sites (N-methyl/N-ethyl adjacent to an activating group) is 1.